The third-order valence-corrected chi connectivity index (χ3v) is 5.95. The maximum absolute atomic E-state index is 9.50. The van der Waals surface area contributed by atoms with Crippen molar-refractivity contribution in [2.75, 3.05) is 39.3 Å². The van der Waals surface area contributed by atoms with Gasteiger partial charge in [0.1, 0.15) is 21.6 Å². The van der Waals surface area contributed by atoms with Crippen LogP contribution in [0.2, 0.25) is 0 Å². The van der Waals surface area contributed by atoms with Gasteiger partial charge in [0.05, 0.1) is 26.7 Å². The number of fused-ring (bicyclic) bond motifs is 1. The fraction of sp³-hybridized carbons (Fsp3) is 0.381. The number of aryl methyl sites for hydroxylation is 1. The summed E-state index contributed by atoms with van der Waals surface area (Å²) in [4.78, 5) is 13.3. The molecule has 0 saturated carbocycles. The van der Waals surface area contributed by atoms with E-state index in [2.05, 4.69) is 24.8 Å². The van der Waals surface area contributed by atoms with E-state index in [1.54, 1.807) is 21.3 Å². The number of nitriles is 1. The van der Waals surface area contributed by atoms with Crippen molar-refractivity contribution in [2.24, 2.45) is 0 Å². The smallest absolute Gasteiger partial charge is 0.203 e. The van der Waals surface area contributed by atoms with Gasteiger partial charge < -0.3 is 19.1 Å². The first-order chi connectivity index (χ1) is 14.0. The largest absolute Gasteiger partial charge is 0.493 e. The van der Waals surface area contributed by atoms with Crippen LogP contribution in [-0.4, -0.2) is 44.4 Å². The predicted molar refractivity (Wildman–Crippen MR) is 116 cm³/mol. The molecule has 0 spiro atoms. The molecule has 2 aromatic heterocycles. The van der Waals surface area contributed by atoms with Gasteiger partial charge in [0, 0.05) is 18.7 Å². The van der Waals surface area contributed by atoms with Gasteiger partial charge in [-0.25, -0.2) is 9.97 Å². The molecule has 3 aromatic rings. The molecular formula is C21H24N4O3S. The van der Waals surface area contributed by atoms with E-state index in [0.29, 0.717) is 28.0 Å². The highest BCUT2D eigenvalue weighted by Gasteiger charge is 2.22. The summed E-state index contributed by atoms with van der Waals surface area (Å²) in [5.41, 5.74) is 1.67. The van der Waals surface area contributed by atoms with Crippen molar-refractivity contribution in [1.29, 1.82) is 5.26 Å². The molecule has 0 amide bonds. The Kier molecular flexibility index (Phi) is 6.09. The van der Waals surface area contributed by atoms with E-state index in [-0.39, 0.29) is 0 Å². The van der Waals surface area contributed by atoms with E-state index >= 15 is 0 Å². The molecule has 0 radical (unpaired) electrons. The fourth-order valence-corrected chi connectivity index (χ4v) is 4.29. The summed E-state index contributed by atoms with van der Waals surface area (Å²) in [6.07, 6.45) is 0. The first-order valence-corrected chi connectivity index (χ1v) is 10.1. The number of benzene rings is 1. The Bertz CT molecular complexity index is 1060. The number of aromatic nitrogens is 2. The van der Waals surface area contributed by atoms with Crippen LogP contribution in [0.3, 0.4) is 0 Å². The number of ether oxygens (including phenoxy) is 3. The average Bonchev–Trinajstić information content (AvgIpc) is 3.08. The molecule has 8 heteroatoms. The fourth-order valence-electron chi connectivity index (χ4n) is 3.32. The number of anilines is 1. The number of thiophene rings is 1. The Morgan fingerprint density at radius 3 is 2.14 bits per heavy atom. The van der Waals surface area contributed by atoms with Crippen molar-refractivity contribution in [1.82, 2.24) is 9.97 Å². The predicted octanol–water partition coefficient (Wildman–Crippen LogP) is 4.41. The Morgan fingerprint density at radius 2 is 1.66 bits per heavy atom. The Labute approximate surface area is 174 Å². The molecule has 2 heterocycles. The maximum Gasteiger partial charge on any atom is 0.203 e. The van der Waals surface area contributed by atoms with Crippen LogP contribution in [0.4, 0.5) is 5.82 Å². The molecular weight excluding hydrogens is 388 g/mol. The van der Waals surface area contributed by atoms with E-state index in [1.807, 2.05) is 19.1 Å². The van der Waals surface area contributed by atoms with Crippen molar-refractivity contribution in [3.63, 3.8) is 0 Å². The number of nitrogens with zero attached hydrogens (tertiary/aromatic N) is 4. The van der Waals surface area contributed by atoms with Gasteiger partial charge in [0.25, 0.3) is 0 Å². The molecule has 0 fully saturated rings. The van der Waals surface area contributed by atoms with E-state index in [4.69, 9.17) is 24.2 Å². The Morgan fingerprint density at radius 1 is 1.03 bits per heavy atom. The maximum atomic E-state index is 9.50. The number of rotatable bonds is 7. The first kappa shape index (κ1) is 20.7. The minimum Gasteiger partial charge on any atom is -0.493 e. The molecule has 0 N–H and O–H groups in total. The van der Waals surface area contributed by atoms with Crippen LogP contribution >= 0.6 is 11.3 Å². The van der Waals surface area contributed by atoms with E-state index in [9.17, 15) is 5.26 Å². The zero-order valence-electron chi connectivity index (χ0n) is 17.5. The molecule has 7 nitrogen and oxygen atoms in total. The van der Waals surface area contributed by atoms with Crippen LogP contribution in [0.15, 0.2) is 12.1 Å². The number of methoxy groups -OCH3 is 3. The van der Waals surface area contributed by atoms with Gasteiger partial charge in [0.2, 0.25) is 5.75 Å². The molecule has 0 aliphatic rings. The highest BCUT2D eigenvalue weighted by Crippen LogP contribution is 2.42. The third kappa shape index (κ3) is 3.54. The lowest BCUT2D eigenvalue weighted by Crippen LogP contribution is -2.23. The van der Waals surface area contributed by atoms with Gasteiger partial charge in [-0.05, 0) is 38.5 Å². The molecule has 0 unspecified atom stereocenters. The summed E-state index contributed by atoms with van der Waals surface area (Å²) in [5, 5.41) is 10.4. The van der Waals surface area contributed by atoms with Crippen molar-refractivity contribution < 1.29 is 14.2 Å². The normalized spacial score (nSPS) is 10.7. The summed E-state index contributed by atoms with van der Waals surface area (Å²) < 4.78 is 16.4. The highest BCUT2D eigenvalue weighted by molar-refractivity contribution is 7.19. The molecule has 3 rings (SSSR count). The van der Waals surface area contributed by atoms with Gasteiger partial charge in [-0.3, -0.25) is 0 Å². The monoisotopic (exact) mass is 412 g/mol. The number of hydrogen-bond donors (Lipinski definition) is 0. The average molecular weight is 413 g/mol. The molecule has 0 aliphatic carbocycles. The van der Waals surface area contributed by atoms with Gasteiger partial charge in [0.15, 0.2) is 17.3 Å². The van der Waals surface area contributed by atoms with E-state index in [0.717, 1.165) is 40.3 Å². The lowest BCUT2D eigenvalue weighted by Gasteiger charge is -2.22. The molecule has 0 atom stereocenters. The summed E-state index contributed by atoms with van der Waals surface area (Å²) >= 11 is 1.39. The lowest BCUT2D eigenvalue weighted by atomic mass is 10.1. The van der Waals surface area contributed by atoms with Crippen molar-refractivity contribution in [2.45, 2.75) is 20.8 Å². The van der Waals surface area contributed by atoms with Gasteiger partial charge in [-0.1, -0.05) is 0 Å². The van der Waals surface area contributed by atoms with Crippen LogP contribution in [0.1, 0.15) is 24.3 Å². The highest BCUT2D eigenvalue weighted by atomic mass is 32.1. The lowest BCUT2D eigenvalue weighted by molar-refractivity contribution is 0.324. The summed E-state index contributed by atoms with van der Waals surface area (Å²) in [6.45, 7) is 7.72. The third-order valence-electron chi connectivity index (χ3n) is 4.86. The quantitative estimate of drug-likeness (QED) is 0.568. The second kappa shape index (κ2) is 8.53. The standard InChI is InChI=1S/C21H24N4O3S/c1-7-25(8-2)20-17-12(3)16(11-22)29-21(17)24-19(23-20)13-9-14(26-4)18(28-6)15(10-13)27-5/h9-10H,7-8H2,1-6H3. The van der Waals surface area contributed by atoms with E-state index in [1.165, 1.54) is 11.3 Å². The molecule has 152 valence electrons. The minimum atomic E-state index is 0.516. The SMILES string of the molecule is CCN(CC)c1nc(-c2cc(OC)c(OC)c(OC)c2)nc2sc(C#N)c(C)c12. The molecule has 0 bridgehead atoms. The second-order valence-corrected chi connectivity index (χ2v) is 7.30. The molecule has 29 heavy (non-hydrogen) atoms. The summed E-state index contributed by atoms with van der Waals surface area (Å²) in [5.74, 6) is 2.97. The summed E-state index contributed by atoms with van der Waals surface area (Å²) in [7, 11) is 4.72. The van der Waals surface area contributed by atoms with Crippen LogP contribution < -0.4 is 19.1 Å². The van der Waals surface area contributed by atoms with E-state index < -0.39 is 0 Å². The Balaban J connectivity index is 2.32. The van der Waals surface area contributed by atoms with Gasteiger partial charge in [-0.15, -0.1) is 11.3 Å². The minimum absolute atomic E-state index is 0.516. The van der Waals surface area contributed by atoms with Crippen molar-refractivity contribution >= 4 is 27.4 Å². The van der Waals surface area contributed by atoms with Crippen molar-refractivity contribution in [3.05, 3.63) is 22.6 Å². The Hall–Kier alpha value is -3.05. The first-order valence-electron chi connectivity index (χ1n) is 9.29. The van der Waals surface area contributed by atoms with Crippen molar-refractivity contribution in [3.8, 4) is 34.7 Å². The van der Waals surface area contributed by atoms with Gasteiger partial charge in [-0.2, -0.15) is 5.26 Å². The van der Waals surface area contributed by atoms with Crippen LogP contribution in [-0.2, 0) is 0 Å². The zero-order valence-corrected chi connectivity index (χ0v) is 18.3. The molecule has 1 aromatic carbocycles. The van der Waals surface area contributed by atoms with Crippen LogP contribution in [0.5, 0.6) is 17.2 Å². The topological polar surface area (TPSA) is 80.5 Å². The number of hydrogen-bond acceptors (Lipinski definition) is 8. The zero-order chi connectivity index (χ0) is 21.1. The van der Waals surface area contributed by atoms with Crippen LogP contribution in [0, 0.1) is 18.3 Å². The van der Waals surface area contributed by atoms with Gasteiger partial charge >= 0.3 is 0 Å². The molecule has 0 saturated heterocycles. The van der Waals surface area contributed by atoms with Crippen LogP contribution in [0.25, 0.3) is 21.6 Å². The molecule has 0 aliphatic heterocycles. The second-order valence-electron chi connectivity index (χ2n) is 6.31. The summed E-state index contributed by atoms with van der Waals surface area (Å²) in [6, 6.07) is 5.94.